The van der Waals surface area contributed by atoms with Crippen LogP contribution < -0.4 is 5.32 Å². The molecule has 5 nitrogen and oxygen atoms in total. The van der Waals surface area contributed by atoms with E-state index < -0.39 is 0 Å². The maximum atomic E-state index is 11.9. The molecule has 1 amide bonds. The molecule has 0 aliphatic heterocycles. The smallest absolute Gasteiger partial charge is 0.230 e. The van der Waals surface area contributed by atoms with Gasteiger partial charge in [-0.2, -0.15) is 5.10 Å². The Kier molecular flexibility index (Phi) is 5.41. The highest BCUT2D eigenvalue weighted by Gasteiger charge is 2.12. The first-order valence-corrected chi connectivity index (χ1v) is 8.72. The summed E-state index contributed by atoms with van der Waals surface area (Å²) in [5, 5.41) is 9.41. The molecule has 0 spiro atoms. The van der Waals surface area contributed by atoms with Gasteiger partial charge in [0.1, 0.15) is 0 Å². The van der Waals surface area contributed by atoms with Crippen LogP contribution in [0.25, 0.3) is 0 Å². The molecule has 0 aliphatic carbocycles. The Bertz CT molecular complexity index is 633. The zero-order chi connectivity index (χ0) is 15.4. The van der Waals surface area contributed by atoms with Crippen LogP contribution in [0, 0.1) is 20.8 Å². The summed E-state index contributed by atoms with van der Waals surface area (Å²) in [6.45, 7) is 9.42. The summed E-state index contributed by atoms with van der Waals surface area (Å²) >= 11 is 3.05. The molecule has 0 aromatic carbocycles. The van der Waals surface area contributed by atoms with Crippen molar-refractivity contribution in [1.82, 2.24) is 20.1 Å². The predicted octanol–water partition coefficient (Wildman–Crippen LogP) is 2.69. The second-order valence-electron chi connectivity index (χ2n) is 4.79. The molecule has 2 rings (SSSR count). The molecule has 1 N–H and O–H groups in total. The van der Waals surface area contributed by atoms with Gasteiger partial charge in [-0.25, -0.2) is 4.98 Å². The maximum Gasteiger partial charge on any atom is 0.230 e. The van der Waals surface area contributed by atoms with E-state index in [2.05, 4.69) is 22.3 Å². The van der Waals surface area contributed by atoms with Gasteiger partial charge in [0.25, 0.3) is 0 Å². The zero-order valence-corrected chi connectivity index (χ0v) is 14.4. The van der Waals surface area contributed by atoms with Crippen molar-refractivity contribution in [2.24, 2.45) is 0 Å². The zero-order valence-electron chi connectivity index (χ0n) is 12.8. The van der Waals surface area contributed by atoms with Gasteiger partial charge in [0.05, 0.1) is 11.4 Å². The van der Waals surface area contributed by atoms with Gasteiger partial charge in [-0.3, -0.25) is 9.48 Å². The standard InChI is InChI=1S/C14H20N4OS2/c1-5-18-11(4)12(10(3)17-18)6-15-13(19)8-21-14-16-9(2)7-20-14/h7H,5-6,8H2,1-4H3,(H,15,19). The first-order valence-electron chi connectivity index (χ1n) is 6.85. The molecule has 0 atom stereocenters. The normalized spacial score (nSPS) is 10.9. The number of rotatable bonds is 6. The molecule has 0 bridgehead atoms. The van der Waals surface area contributed by atoms with Crippen molar-refractivity contribution >= 4 is 29.0 Å². The van der Waals surface area contributed by atoms with E-state index in [0.717, 1.165) is 33.5 Å². The topological polar surface area (TPSA) is 59.8 Å². The van der Waals surface area contributed by atoms with Gasteiger partial charge in [-0.1, -0.05) is 11.8 Å². The minimum absolute atomic E-state index is 0.0240. The van der Waals surface area contributed by atoms with Gasteiger partial charge in [0.15, 0.2) is 4.34 Å². The highest BCUT2D eigenvalue weighted by Crippen LogP contribution is 2.22. The number of aromatic nitrogens is 3. The third-order valence-corrected chi connectivity index (χ3v) is 5.36. The van der Waals surface area contributed by atoms with E-state index in [1.54, 1.807) is 11.3 Å². The van der Waals surface area contributed by atoms with Gasteiger partial charge in [0, 0.05) is 35.4 Å². The largest absolute Gasteiger partial charge is 0.351 e. The van der Waals surface area contributed by atoms with Crippen molar-refractivity contribution in [2.75, 3.05) is 5.75 Å². The molecule has 7 heteroatoms. The van der Waals surface area contributed by atoms with Crippen molar-refractivity contribution in [3.8, 4) is 0 Å². The van der Waals surface area contributed by atoms with Gasteiger partial charge in [-0.15, -0.1) is 11.3 Å². The molecule has 0 unspecified atom stereocenters. The summed E-state index contributed by atoms with van der Waals surface area (Å²) in [4.78, 5) is 16.2. The lowest BCUT2D eigenvalue weighted by Gasteiger charge is -2.05. The number of carbonyl (C=O) groups is 1. The van der Waals surface area contributed by atoms with Gasteiger partial charge in [-0.05, 0) is 27.7 Å². The van der Waals surface area contributed by atoms with Crippen LogP contribution in [0.3, 0.4) is 0 Å². The minimum Gasteiger partial charge on any atom is -0.351 e. The van der Waals surface area contributed by atoms with Crippen LogP contribution in [0.4, 0.5) is 0 Å². The van der Waals surface area contributed by atoms with Crippen molar-refractivity contribution in [2.45, 2.75) is 45.1 Å². The van der Waals surface area contributed by atoms with Crippen LogP contribution in [0.1, 0.15) is 29.6 Å². The molecule has 21 heavy (non-hydrogen) atoms. The third kappa shape index (κ3) is 4.07. The summed E-state index contributed by atoms with van der Waals surface area (Å²) in [7, 11) is 0. The summed E-state index contributed by atoms with van der Waals surface area (Å²) in [6.07, 6.45) is 0. The number of amides is 1. The molecule has 0 aliphatic rings. The van der Waals surface area contributed by atoms with E-state index in [1.807, 2.05) is 30.8 Å². The highest BCUT2D eigenvalue weighted by atomic mass is 32.2. The number of carbonyl (C=O) groups excluding carboxylic acids is 1. The SMILES string of the molecule is CCn1nc(C)c(CNC(=O)CSc2nc(C)cs2)c1C. The molecule has 0 saturated carbocycles. The van der Waals surface area contributed by atoms with Crippen LogP contribution in [-0.2, 0) is 17.9 Å². The fourth-order valence-electron chi connectivity index (χ4n) is 2.06. The highest BCUT2D eigenvalue weighted by molar-refractivity contribution is 8.01. The molecule has 0 fully saturated rings. The molecule has 2 aromatic rings. The molecule has 2 heterocycles. The lowest BCUT2D eigenvalue weighted by Crippen LogP contribution is -2.25. The van der Waals surface area contributed by atoms with Crippen molar-refractivity contribution in [3.63, 3.8) is 0 Å². The Morgan fingerprint density at radius 1 is 1.43 bits per heavy atom. The summed E-state index contributed by atoms with van der Waals surface area (Å²) in [5.41, 5.74) is 4.22. The fraction of sp³-hybridized carbons (Fsp3) is 0.500. The van der Waals surface area contributed by atoms with Gasteiger partial charge < -0.3 is 5.32 Å². The number of hydrogen-bond donors (Lipinski definition) is 1. The number of aryl methyl sites for hydroxylation is 3. The van der Waals surface area contributed by atoms with Crippen LogP contribution in [-0.4, -0.2) is 26.4 Å². The average molecular weight is 324 g/mol. The quantitative estimate of drug-likeness (QED) is 0.830. The number of thioether (sulfide) groups is 1. The van der Waals surface area contributed by atoms with Crippen LogP contribution in [0.5, 0.6) is 0 Å². The third-order valence-electron chi connectivity index (χ3n) is 3.22. The van der Waals surface area contributed by atoms with Gasteiger partial charge >= 0.3 is 0 Å². The van der Waals surface area contributed by atoms with E-state index >= 15 is 0 Å². The average Bonchev–Trinajstić information content (AvgIpc) is 2.98. The second kappa shape index (κ2) is 7.09. The molecular weight excluding hydrogens is 304 g/mol. The summed E-state index contributed by atoms with van der Waals surface area (Å²) in [6, 6.07) is 0. The Morgan fingerprint density at radius 2 is 2.19 bits per heavy atom. The predicted molar refractivity (Wildman–Crippen MR) is 86.8 cm³/mol. The molecular formula is C14H20N4OS2. The van der Waals surface area contributed by atoms with Crippen molar-refractivity contribution in [1.29, 1.82) is 0 Å². The number of thiazole rings is 1. The lowest BCUT2D eigenvalue weighted by molar-refractivity contribution is -0.118. The van der Waals surface area contributed by atoms with Crippen molar-refractivity contribution < 1.29 is 4.79 Å². The molecule has 114 valence electrons. The Hall–Kier alpha value is -1.34. The Labute approximate surface area is 133 Å². The first kappa shape index (κ1) is 16.0. The van der Waals surface area contributed by atoms with Crippen LogP contribution in [0.15, 0.2) is 9.72 Å². The number of nitrogens with one attached hydrogen (secondary N) is 1. The van der Waals surface area contributed by atoms with Crippen LogP contribution >= 0.6 is 23.1 Å². The van der Waals surface area contributed by atoms with E-state index in [4.69, 9.17) is 0 Å². The summed E-state index contributed by atoms with van der Waals surface area (Å²) in [5.74, 6) is 0.420. The molecule has 0 saturated heterocycles. The number of nitrogens with zero attached hydrogens (tertiary/aromatic N) is 3. The van der Waals surface area contributed by atoms with E-state index in [0.29, 0.717) is 12.3 Å². The molecule has 0 radical (unpaired) electrons. The number of hydrogen-bond acceptors (Lipinski definition) is 5. The van der Waals surface area contributed by atoms with Crippen molar-refractivity contribution in [3.05, 3.63) is 28.0 Å². The minimum atomic E-state index is 0.0240. The maximum absolute atomic E-state index is 11.9. The van der Waals surface area contributed by atoms with Gasteiger partial charge in [0.2, 0.25) is 5.91 Å². The Morgan fingerprint density at radius 3 is 2.76 bits per heavy atom. The first-order chi connectivity index (χ1) is 10.0. The second-order valence-corrected chi connectivity index (χ2v) is 6.87. The lowest BCUT2D eigenvalue weighted by atomic mass is 10.2. The summed E-state index contributed by atoms with van der Waals surface area (Å²) < 4.78 is 2.90. The van der Waals surface area contributed by atoms with E-state index in [1.165, 1.54) is 11.8 Å². The monoisotopic (exact) mass is 324 g/mol. The molecule has 2 aromatic heterocycles. The van der Waals surface area contributed by atoms with E-state index in [9.17, 15) is 4.79 Å². The Balaban J connectivity index is 1.85. The van der Waals surface area contributed by atoms with E-state index in [-0.39, 0.29) is 5.91 Å². The fourth-order valence-corrected chi connectivity index (χ4v) is 3.74. The van der Waals surface area contributed by atoms with Crippen LogP contribution in [0.2, 0.25) is 0 Å².